The van der Waals surface area contributed by atoms with Gasteiger partial charge in [0.05, 0.1) is 23.3 Å². The smallest absolute Gasteiger partial charge is 0.250 e. The number of carbonyl (C=O) groups is 1. The van der Waals surface area contributed by atoms with Gasteiger partial charge in [-0.25, -0.2) is 19.8 Å². The van der Waals surface area contributed by atoms with Gasteiger partial charge in [0.15, 0.2) is 5.16 Å². The molecular weight excluding hydrogens is 365 g/mol. The highest BCUT2D eigenvalue weighted by Gasteiger charge is 2.07. The zero-order chi connectivity index (χ0) is 19.2. The number of benzene rings is 1. The first-order chi connectivity index (χ1) is 13.0. The lowest BCUT2D eigenvalue weighted by Gasteiger charge is -2.07. The third kappa shape index (κ3) is 5.01. The number of nitrogens with zero attached hydrogens (tertiary/aromatic N) is 4. The van der Waals surface area contributed by atoms with E-state index in [1.807, 2.05) is 19.9 Å². The van der Waals surface area contributed by atoms with Gasteiger partial charge in [-0.3, -0.25) is 4.79 Å². The Morgan fingerprint density at radius 2 is 1.96 bits per heavy atom. The van der Waals surface area contributed by atoms with Gasteiger partial charge < -0.3 is 4.57 Å². The number of aryl methyl sites for hydroxylation is 2. The molecule has 8 heteroatoms. The third-order valence-electron chi connectivity index (χ3n) is 3.57. The summed E-state index contributed by atoms with van der Waals surface area (Å²) in [5.74, 6) is -0.464. The summed E-state index contributed by atoms with van der Waals surface area (Å²) >= 11 is 1.24. The van der Waals surface area contributed by atoms with Gasteiger partial charge in [-0.1, -0.05) is 23.9 Å². The molecular formula is C19H18FN5OS. The lowest BCUT2D eigenvalue weighted by Crippen LogP contribution is -2.20. The fourth-order valence-corrected chi connectivity index (χ4v) is 3.20. The third-order valence-corrected chi connectivity index (χ3v) is 4.42. The number of nitrogens with one attached hydrogen (secondary N) is 1. The summed E-state index contributed by atoms with van der Waals surface area (Å²) < 4.78 is 15.6. The maximum absolute atomic E-state index is 14.0. The maximum Gasteiger partial charge on any atom is 0.250 e. The monoisotopic (exact) mass is 383 g/mol. The zero-order valence-corrected chi connectivity index (χ0v) is 15.7. The van der Waals surface area contributed by atoms with Crippen molar-refractivity contribution in [3.8, 4) is 5.69 Å². The van der Waals surface area contributed by atoms with Gasteiger partial charge in [-0.2, -0.15) is 5.10 Å². The highest BCUT2D eigenvalue weighted by Crippen LogP contribution is 2.15. The van der Waals surface area contributed by atoms with Gasteiger partial charge in [0.1, 0.15) is 5.82 Å². The molecule has 0 unspecified atom stereocenters. The molecule has 27 heavy (non-hydrogen) atoms. The van der Waals surface area contributed by atoms with Crippen LogP contribution in [0.4, 0.5) is 4.39 Å². The number of hydrogen-bond acceptors (Lipinski definition) is 5. The summed E-state index contributed by atoms with van der Waals surface area (Å²) in [6.07, 6.45) is 3.21. The number of aromatic nitrogens is 3. The lowest BCUT2D eigenvalue weighted by molar-refractivity contribution is -0.118. The van der Waals surface area contributed by atoms with Crippen LogP contribution in [0.25, 0.3) is 5.69 Å². The van der Waals surface area contributed by atoms with E-state index in [9.17, 15) is 9.18 Å². The van der Waals surface area contributed by atoms with Crippen molar-refractivity contribution in [2.24, 2.45) is 5.10 Å². The summed E-state index contributed by atoms with van der Waals surface area (Å²) in [4.78, 5) is 20.5. The SMILES string of the molecule is Cc1cc(C)nc(SCC(=O)N/N=C\c2cccn2-c2ccccc2F)n1. The fourth-order valence-electron chi connectivity index (χ4n) is 2.46. The molecule has 2 aromatic heterocycles. The zero-order valence-electron chi connectivity index (χ0n) is 14.9. The van der Waals surface area contributed by atoms with E-state index in [0.717, 1.165) is 11.4 Å². The Morgan fingerprint density at radius 1 is 1.22 bits per heavy atom. The van der Waals surface area contributed by atoms with Crippen LogP contribution < -0.4 is 5.43 Å². The molecule has 0 atom stereocenters. The average molecular weight is 383 g/mol. The molecule has 6 nitrogen and oxygen atoms in total. The van der Waals surface area contributed by atoms with Crippen molar-refractivity contribution in [3.63, 3.8) is 0 Å². The minimum absolute atomic E-state index is 0.147. The summed E-state index contributed by atoms with van der Waals surface area (Å²) in [6, 6.07) is 11.9. The van der Waals surface area contributed by atoms with Crippen molar-refractivity contribution < 1.29 is 9.18 Å². The molecule has 0 bridgehead atoms. The number of hydrazone groups is 1. The Balaban J connectivity index is 1.59. The topological polar surface area (TPSA) is 72.2 Å². The van der Waals surface area contributed by atoms with Crippen LogP contribution in [0.1, 0.15) is 17.1 Å². The standard InChI is InChI=1S/C19H18FN5OS/c1-13-10-14(2)23-19(22-13)27-12-18(26)24-21-11-15-6-5-9-25(15)17-8-4-3-7-16(17)20/h3-11H,12H2,1-2H3,(H,24,26)/b21-11-. The van der Waals surface area contributed by atoms with Crippen molar-refractivity contribution >= 4 is 23.9 Å². The Kier molecular flexibility index (Phi) is 5.97. The van der Waals surface area contributed by atoms with E-state index >= 15 is 0 Å². The molecule has 0 saturated carbocycles. The minimum Gasteiger partial charge on any atom is -0.313 e. The van der Waals surface area contributed by atoms with Crippen molar-refractivity contribution in [2.45, 2.75) is 19.0 Å². The molecule has 1 N–H and O–H groups in total. The summed E-state index contributed by atoms with van der Waals surface area (Å²) in [5.41, 5.74) is 5.24. The van der Waals surface area contributed by atoms with E-state index in [1.165, 1.54) is 24.0 Å². The second kappa shape index (κ2) is 8.59. The van der Waals surface area contributed by atoms with Crippen LogP contribution >= 0.6 is 11.8 Å². The van der Waals surface area contributed by atoms with Crippen molar-refractivity contribution in [1.82, 2.24) is 20.0 Å². The van der Waals surface area contributed by atoms with E-state index in [2.05, 4.69) is 20.5 Å². The minimum atomic E-state index is -0.336. The Hall–Kier alpha value is -3.00. The van der Waals surface area contributed by atoms with Gasteiger partial charge in [-0.15, -0.1) is 0 Å². The van der Waals surface area contributed by atoms with E-state index in [0.29, 0.717) is 16.5 Å². The molecule has 0 aliphatic rings. The van der Waals surface area contributed by atoms with Gasteiger partial charge in [0.25, 0.3) is 5.91 Å². The fraction of sp³-hybridized carbons (Fsp3) is 0.158. The molecule has 0 spiro atoms. The Morgan fingerprint density at radius 3 is 2.70 bits per heavy atom. The molecule has 0 saturated heterocycles. The van der Waals surface area contributed by atoms with Gasteiger partial charge in [0, 0.05) is 17.6 Å². The molecule has 0 fully saturated rings. The van der Waals surface area contributed by atoms with Crippen molar-refractivity contribution in [1.29, 1.82) is 0 Å². The van der Waals surface area contributed by atoms with Gasteiger partial charge >= 0.3 is 0 Å². The number of halogens is 1. The van der Waals surface area contributed by atoms with Crippen LogP contribution in [-0.2, 0) is 4.79 Å². The molecule has 3 aromatic rings. The Bertz CT molecular complexity index is 965. The van der Waals surface area contributed by atoms with Gasteiger partial charge in [-0.05, 0) is 44.2 Å². The van der Waals surface area contributed by atoms with Crippen LogP contribution in [0.15, 0.2) is 58.9 Å². The van der Waals surface area contributed by atoms with Crippen LogP contribution in [0.5, 0.6) is 0 Å². The number of rotatable bonds is 6. The molecule has 2 heterocycles. The van der Waals surface area contributed by atoms with E-state index < -0.39 is 0 Å². The summed E-state index contributed by atoms with van der Waals surface area (Å²) in [7, 11) is 0. The van der Waals surface area contributed by atoms with Gasteiger partial charge in [0.2, 0.25) is 0 Å². The first kappa shape index (κ1) is 18.8. The van der Waals surface area contributed by atoms with E-state index in [1.54, 1.807) is 41.1 Å². The summed E-state index contributed by atoms with van der Waals surface area (Å²) in [5, 5.41) is 4.51. The van der Waals surface area contributed by atoms with E-state index in [4.69, 9.17) is 0 Å². The predicted octanol–water partition coefficient (Wildman–Crippen LogP) is 3.27. The molecule has 0 radical (unpaired) electrons. The number of thioether (sulfide) groups is 1. The quantitative estimate of drug-likeness (QED) is 0.307. The average Bonchev–Trinajstić information content (AvgIpc) is 3.08. The van der Waals surface area contributed by atoms with Crippen molar-refractivity contribution in [3.05, 3.63) is 71.6 Å². The second-order valence-corrected chi connectivity index (χ2v) is 6.71. The molecule has 3 rings (SSSR count). The largest absolute Gasteiger partial charge is 0.313 e. The number of amides is 1. The number of hydrogen-bond donors (Lipinski definition) is 1. The number of carbonyl (C=O) groups excluding carboxylic acids is 1. The molecule has 1 aromatic carbocycles. The van der Waals surface area contributed by atoms with E-state index in [-0.39, 0.29) is 17.5 Å². The number of para-hydroxylation sites is 1. The Labute approximate surface area is 160 Å². The van der Waals surface area contributed by atoms with Crippen molar-refractivity contribution in [2.75, 3.05) is 5.75 Å². The molecule has 0 aliphatic carbocycles. The lowest BCUT2D eigenvalue weighted by atomic mass is 10.3. The first-order valence-electron chi connectivity index (χ1n) is 8.22. The van der Waals surface area contributed by atoms with Crippen LogP contribution in [-0.4, -0.2) is 32.4 Å². The molecule has 138 valence electrons. The van der Waals surface area contributed by atoms with Crippen LogP contribution in [0, 0.1) is 19.7 Å². The van der Waals surface area contributed by atoms with Crippen LogP contribution in [0.2, 0.25) is 0 Å². The highest BCUT2D eigenvalue weighted by molar-refractivity contribution is 7.99. The first-order valence-corrected chi connectivity index (χ1v) is 9.21. The normalized spacial score (nSPS) is 11.1. The highest BCUT2D eigenvalue weighted by atomic mass is 32.2. The summed E-state index contributed by atoms with van der Waals surface area (Å²) in [6.45, 7) is 3.77. The molecule has 0 aliphatic heterocycles. The predicted molar refractivity (Wildman–Crippen MR) is 104 cm³/mol. The molecule has 1 amide bonds. The second-order valence-electron chi connectivity index (χ2n) is 5.77. The van der Waals surface area contributed by atoms with Crippen LogP contribution in [0.3, 0.4) is 0 Å². The maximum atomic E-state index is 14.0.